The van der Waals surface area contributed by atoms with Crippen LogP contribution in [0.1, 0.15) is 74.1 Å². The molecule has 1 aliphatic rings. The Morgan fingerprint density at radius 2 is 1.74 bits per heavy atom. The van der Waals surface area contributed by atoms with Gasteiger partial charge in [0.25, 0.3) is 0 Å². The van der Waals surface area contributed by atoms with Crippen LogP contribution in [0.25, 0.3) is 0 Å². The Morgan fingerprint density at radius 3 is 2.17 bits per heavy atom. The van der Waals surface area contributed by atoms with Gasteiger partial charge in [-0.05, 0) is 61.9 Å². The monoisotopic (exact) mass is 320 g/mol. The van der Waals surface area contributed by atoms with Gasteiger partial charge in [0.05, 0.1) is 0 Å². The molecule has 0 aromatic rings. The maximum Gasteiger partial charge on any atom is 0.126 e. The van der Waals surface area contributed by atoms with Crippen LogP contribution in [0.15, 0.2) is 36.5 Å². The number of halogens is 1. The maximum absolute atomic E-state index is 14.7. The van der Waals surface area contributed by atoms with Crippen LogP contribution in [0.4, 0.5) is 4.39 Å². The van der Waals surface area contributed by atoms with Gasteiger partial charge in [0.15, 0.2) is 0 Å². The van der Waals surface area contributed by atoms with Crippen molar-refractivity contribution in [1.82, 2.24) is 0 Å². The predicted octanol–water partition coefficient (Wildman–Crippen LogP) is 7.28. The van der Waals surface area contributed by atoms with E-state index in [0.717, 1.165) is 31.3 Å². The summed E-state index contributed by atoms with van der Waals surface area (Å²) in [5.74, 6) is 0.562. The van der Waals surface area contributed by atoms with Crippen molar-refractivity contribution in [2.45, 2.75) is 79.8 Å². The van der Waals surface area contributed by atoms with E-state index in [1.54, 1.807) is 13.8 Å². The molecule has 0 amide bonds. The van der Waals surface area contributed by atoms with Gasteiger partial charge in [-0.1, -0.05) is 65.5 Å². The molecule has 1 fully saturated rings. The molecular formula is C22H37F. The summed E-state index contributed by atoms with van der Waals surface area (Å²) in [5, 5.41) is 0. The highest BCUT2D eigenvalue weighted by Gasteiger charge is 2.45. The highest BCUT2D eigenvalue weighted by atomic mass is 19.1. The number of hydrogen-bond donors (Lipinski definition) is 0. The van der Waals surface area contributed by atoms with Crippen LogP contribution in [-0.4, -0.2) is 5.67 Å². The predicted molar refractivity (Wildman–Crippen MR) is 101 cm³/mol. The van der Waals surface area contributed by atoms with Crippen molar-refractivity contribution in [2.75, 3.05) is 0 Å². The molecule has 0 aromatic carbocycles. The summed E-state index contributed by atoms with van der Waals surface area (Å²) < 4.78 is 14.7. The minimum absolute atomic E-state index is 0.0256. The van der Waals surface area contributed by atoms with Gasteiger partial charge in [0.1, 0.15) is 5.67 Å². The van der Waals surface area contributed by atoms with E-state index in [-0.39, 0.29) is 16.7 Å². The van der Waals surface area contributed by atoms with Crippen molar-refractivity contribution in [3.05, 3.63) is 36.5 Å². The van der Waals surface area contributed by atoms with Crippen LogP contribution in [-0.2, 0) is 0 Å². The topological polar surface area (TPSA) is 0 Å². The Hall–Kier alpha value is -0.850. The summed E-state index contributed by atoms with van der Waals surface area (Å²) in [6, 6.07) is 0. The molecule has 132 valence electrons. The summed E-state index contributed by atoms with van der Waals surface area (Å²) in [7, 11) is 0. The fraction of sp³-hybridized carbons (Fsp3) is 0.727. The number of alkyl halides is 1. The third-order valence-electron chi connectivity index (χ3n) is 5.48. The molecular weight excluding hydrogens is 283 g/mol. The van der Waals surface area contributed by atoms with Crippen LogP contribution >= 0.6 is 0 Å². The first-order valence-electron chi connectivity index (χ1n) is 8.92. The Balaban J connectivity index is 3.33. The largest absolute Gasteiger partial charge is 0.240 e. The molecule has 0 N–H and O–H groups in total. The molecule has 1 heteroatoms. The quantitative estimate of drug-likeness (QED) is 0.377. The smallest absolute Gasteiger partial charge is 0.126 e. The minimum Gasteiger partial charge on any atom is -0.240 e. The molecule has 1 aliphatic carbocycles. The molecule has 0 saturated heterocycles. The molecule has 0 spiro atoms. The average molecular weight is 321 g/mol. The van der Waals surface area contributed by atoms with E-state index in [1.807, 2.05) is 0 Å². The van der Waals surface area contributed by atoms with Gasteiger partial charge >= 0.3 is 0 Å². The molecule has 1 saturated carbocycles. The van der Waals surface area contributed by atoms with Crippen molar-refractivity contribution in [1.29, 1.82) is 0 Å². The van der Waals surface area contributed by atoms with E-state index < -0.39 is 5.67 Å². The molecule has 0 aromatic heterocycles. The SMILES string of the molecule is C=C1CC(C)CCC(C)(C(=C)CC(C)(C)C)C1C(=C)C(C)(C)F. The zero-order valence-corrected chi connectivity index (χ0v) is 16.5. The number of allylic oxidation sites excluding steroid dienone is 3. The van der Waals surface area contributed by atoms with Crippen LogP contribution in [0.5, 0.6) is 0 Å². The molecule has 0 heterocycles. The summed E-state index contributed by atoms with van der Waals surface area (Å²) >= 11 is 0. The van der Waals surface area contributed by atoms with E-state index in [0.29, 0.717) is 11.5 Å². The van der Waals surface area contributed by atoms with Gasteiger partial charge in [-0.15, -0.1) is 0 Å². The van der Waals surface area contributed by atoms with Gasteiger partial charge in [-0.25, -0.2) is 4.39 Å². The van der Waals surface area contributed by atoms with Crippen molar-refractivity contribution in [3.8, 4) is 0 Å². The summed E-state index contributed by atoms with van der Waals surface area (Å²) in [4.78, 5) is 0. The van der Waals surface area contributed by atoms with Gasteiger partial charge < -0.3 is 0 Å². The Labute approximate surface area is 143 Å². The highest BCUT2D eigenvalue weighted by molar-refractivity contribution is 5.33. The van der Waals surface area contributed by atoms with Gasteiger partial charge in [-0.2, -0.15) is 0 Å². The van der Waals surface area contributed by atoms with Crippen molar-refractivity contribution >= 4 is 0 Å². The summed E-state index contributed by atoms with van der Waals surface area (Å²) in [6.07, 6.45) is 4.07. The fourth-order valence-electron chi connectivity index (χ4n) is 4.01. The second-order valence-corrected chi connectivity index (χ2v) is 9.70. The van der Waals surface area contributed by atoms with E-state index in [4.69, 9.17) is 0 Å². The van der Waals surface area contributed by atoms with Crippen molar-refractivity contribution < 1.29 is 4.39 Å². The van der Waals surface area contributed by atoms with Gasteiger partial charge in [-0.3, -0.25) is 0 Å². The second kappa shape index (κ2) is 6.57. The summed E-state index contributed by atoms with van der Waals surface area (Å²) in [5.41, 5.74) is 1.63. The van der Waals surface area contributed by atoms with E-state index in [2.05, 4.69) is 54.4 Å². The standard InChI is InChI=1S/C22H37F/c1-15-11-12-22(10,17(3)14-20(5,6)7)19(16(2)13-15)18(4)21(8,9)23/h15,19H,2-4,11-14H2,1,5-10H3. The number of hydrogen-bond acceptors (Lipinski definition) is 0. The van der Waals surface area contributed by atoms with Crippen LogP contribution in [0, 0.1) is 22.7 Å². The van der Waals surface area contributed by atoms with Crippen molar-refractivity contribution in [3.63, 3.8) is 0 Å². The highest BCUT2D eigenvalue weighted by Crippen LogP contribution is 2.54. The molecule has 3 atom stereocenters. The first-order chi connectivity index (χ1) is 10.2. The average Bonchev–Trinajstić information content (AvgIpc) is 2.43. The van der Waals surface area contributed by atoms with Crippen LogP contribution < -0.4 is 0 Å². The van der Waals surface area contributed by atoms with Crippen LogP contribution in [0.3, 0.4) is 0 Å². The minimum atomic E-state index is -1.40. The summed E-state index contributed by atoms with van der Waals surface area (Å²) in [6.45, 7) is 27.4. The second-order valence-electron chi connectivity index (χ2n) is 9.70. The van der Waals surface area contributed by atoms with Gasteiger partial charge in [0, 0.05) is 5.92 Å². The van der Waals surface area contributed by atoms with E-state index in [1.165, 1.54) is 5.57 Å². The van der Waals surface area contributed by atoms with E-state index >= 15 is 0 Å². The Kier molecular flexibility index (Phi) is 5.77. The fourth-order valence-corrected chi connectivity index (χ4v) is 4.01. The molecule has 0 aliphatic heterocycles. The molecule has 0 nitrogen and oxygen atoms in total. The molecule has 23 heavy (non-hydrogen) atoms. The number of rotatable bonds is 4. The lowest BCUT2D eigenvalue weighted by atomic mass is 9.61. The normalized spacial score (nSPS) is 30.0. The lowest BCUT2D eigenvalue weighted by molar-refractivity contribution is 0.193. The molecule has 1 rings (SSSR count). The van der Waals surface area contributed by atoms with E-state index in [9.17, 15) is 4.39 Å². The lowest BCUT2D eigenvalue weighted by Gasteiger charge is -2.44. The Morgan fingerprint density at radius 1 is 1.22 bits per heavy atom. The maximum atomic E-state index is 14.7. The Bertz CT molecular complexity index is 483. The lowest BCUT2D eigenvalue weighted by Crippen LogP contribution is -2.37. The first-order valence-corrected chi connectivity index (χ1v) is 8.92. The molecule has 0 radical (unpaired) electrons. The zero-order chi connectivity index (χ0) is 18.2. The van der Waals surface area contributed by atoms with Crippen molar-refractivity contribution in [2.24, 2.45) is 22.7 Å². The third kappa shape index (κ3) is 4.81. The molecule has 0 bridgehead atoms. The van der Waals surface area contributed by atoms with Crippen LogP contribution in [0.2, 0.25) is 0 Å². The van der Waals surface area contributed by atoms with Gasteiger partial charge in [0.2, 0.25) is 0 Å². The molecule has 3 unspecified atom stereocenters. The zero-order valence-electron chi connectivity index (χ0n) is 16.5. The first kappa shape index (κ1) is 20.2. The third-order valence-corrected chi connectivity index (χ3v) is 5.48.